The second-order valence-corrected chi connectivity index (χ2v) is 6.74. The Hall–Kier alpha value is -2.79. The topological polar surface area (TPSA) is 59.9 Å². The Morgan fingerprint density at radius 1 is 1.15 bits per heavy atom. The Labute approximate surface area is 159 Å². The molecule has 27 heavy (non-hydrogen) atoms. The largest absolute Gasteiger partial charge is 0.494 e. The Morgan fingerprint density at radius 2 is 2.04 bits per heavy atom. The number of pyridine rings is 1. The number of aryl methyl sites for hydroxylation is 1. The Balaban J connectivity index is 1.46. The quantitative estimate of drug-likeness (QED) is 0.717. The second-order valence-electron chi connectivity index (χ2n) is 6.74. The standard InChI is InChI=1S/C22H24N4O/c1-2-27-18-10-8-16(9-11-18)13-24-20-6-3-7-21-19(20)15-25-22(26-21)17-5-4-12-23-14-17/h4-5,8-12,14-15,20,24H,2-3,6-7,13H2,1H3. The summed E-state index contributed by atoms with van der Waals surface area (Å²) in [7, 11) is 0. The van der Waals surface area contributed by atoms with E-state index < -0.39 is 0 Å². The molecule has 1 N–H and O–H groups in total. The van der Waals surface area contributed by atoms with Crippen molar-refractivity contribution >= 4 is 0 Å². The molecule has 0 aliphatic heterocycles. The van der Waals surface area contributed by atoms with Crippen LogP contribution < -0.4 is 10.1 Å². The molecule has 1 aliphatic carbocycles. The van der Waals surface area contributed by atoms with Gasteiger partial charge < -0.3 is 10.1 Å². The van der Waals surface area contributed by atoms with Gasteiger partial charge in [-0.3, -0.25) is 4.98 Å². The first kappa shape index (κ1) is 17.6. The van der Waals surface area contributed by atoms with E-state index in [9.17, 15) is 0 Å². The molecule has 5 nitrogen and oxygen atoms in total. The van der Waals surface area contributed by atoms with Crippen molar-refractivity contribution in [3.63, 3.8) is 0 Å². The van der Waals surface area contributed by atoms with E-state index in [-0.39, 0.29) is 0 Å². The van der Waals surface area contributed by atoms with Gasteiger partial charge in [0.05, 0.1) is 6.61 Å². The summed E-state index contributed by atoms with van der Waals surface area (Å²) in [4.78, 5) is 13.6. The lowest BCUT2D eigenvalue weighted by Gasteiger charge is -2.26. The summed E-state index contributed by atoms with van der Waals surface area (Å²) in [5, 5.41) is 3.67. The summed E-state index contributed by atoms with van der Waals surface area (Å²) in [6.45, 7) is 3.51. The van der Waals surface area contributed by atoms with Gasteiger partial charge in [-0.05, 0) is 56.0 Å². The fourth-order valence-electron chi connectivity index (χ4n) is 3.50. The van der Waals surface area contributed by atoms with Gasteiger partial charge in [-0.15, -0.1) is 0 Å². The van der Waals surface area contributed by atoms with Crippen LogP contribution in [0.25, 0.3) is 11.4 Å². The van der Waals surface area contributed by atoms with Crippen molar-refractivity contribution in [3.05, 3.63) is 71.8 Å². The van der Waals surface area contributed by atoms with Crippen molar-refractivity contribution in [2.45, 2.75) is 38.8 Å². The minimum atomic E-state index is 0.295. The van der Waals surface area contributed by atoms with Crippen molar-refractivity contribution in [1.29, 1.82) is 0 Å². The Kier molecular flexibility index (Phi) is 5.39. The van der Waals surface area contributed by atoms with Crippen LogP contribution in [0, 0.1) is 0 Å². The van der Waals surface area contributed by atoms with Crippen LogP contribution in [0.4, 0.5) is 0 Å². The zero-order valence-corrected chi connectivity index (χ0v) is 15.6. The van der Waals surface area contributed by atoms with E-state index in [0.717, 1.165) is 48.6 Å². The molecule has 0 radical (unpaired) electrons. The van der Waals surface area contributed by atoms with E-state index in [0.29, 0.717) is 12.6 Å². The van der Waals surface area contributed by atoms with Gasteiger partial charge in [0.2, 0.25) is 0 Å². The van der Waals surface area contributed by atoms with E-state index in [2.05, 4.69) is 27.4 Å². The first-order chi connectivity index (χ1) is 13.3. The van der Waals surface area contributed by atoms with Crippen LogP contribution in [0.3, 0.4) is 0 Å². The molecule has 5 heteroatoms. The molecule has 138 valence electrons. The van der Waals surface area contributed by atoms with Crippen LogP contribution in [-0.2, 0) is 13.0 Å². The SMILES string of the molecule is CCOc1ccc(CNC2CCCc3nc(-c4cccnc4)ncc32)cc1. The van der Waals surface area contributed by atoms with Crippen LogP contribution in [-0.4, -0.2) is 21.6 Å². The van der Waals surface area contributed by atoms with Gasteiger partial charge >= 0.3 is 0 Å². The molecule has 1 aromatic carbocycles. The summed E-state index contributed by atoms with van der Waals surface area (Å²) in [5.41, 5.74) is 4.59. The molecule has 0 bridgehead atoms. The van der Waals surface area contributed by atoms with E-state index in [1.165, 1.54) is 11.1 Å². The van der Waals surface area contributed by atoms with E-state index in [1.807, 2.05) is 43.6 Å². The maximum atomic E-state index is 5.51. The Morgan fingerprint density at radius 3 is 2.81 bits per heavy atom. The molecule has 1 unspecified atom stereocenters. The van der Waals surface area contributed by atoms with Crippen LogP contribution in [0.15, 0.2) is 55.0 Å². The maximum Gasteiger partial charge on any atom is 0.160 e. The number of fused-ring (bicyclic) bond motifs is 1. The number of nitrogens with one attached hydrogen (secondary N) is 1. The highest BCUT2D eigenvalue weighted by atomic mass is 16.5. The van der Waals surface area contributed by atoms with Crippen molar-refractivity contribution in [3.8, 4) is 17.1 Å². The zero-order valence-electron chi connectivity index (χ0n) is 15.6. The lowest BCUT2D eigenvalue weighted by atomic mass is 9.92. The number of ether oxygens (including phenoxy) is 1. The van der Waals surface area contributed by atoms with Crippen LogP contribution in [0.5, 0.6) is 5.75 Å². The fourth-order valence-corrected chi connectivity index (χ4v) is 3.50. The lowest BCUT2D eigenvalue weighted by molar-refractivity contribution is 0.340. The molecule has 4 rings (SSSR count). The van der Waals surface area contributed by atoms with E-state index >= 15 is 0 Å². The average Bonchev–Trinajstić information content (AvgIpc) is 2.73. The van der Waals surface area contributed by atoms with Crippen molar-refractivity contribution < 1.29 is 4.74 Å². The van der Waals surface area contributed by atoms with Crippen molar-refractivity contribution in [2.24, 2.45) is 0 Å². The number of hydrogen-bond donors (Lipinski definition) is 1. The third-order valence-corrected chi connectivity index (χ3v) is 4.89. The summed E-state index contributed by atoms with van der Waals surface area (Å²) in [5.74, 6) is 1.68. The normalized spacial score (nSPS) is 16.0. The van der Waals surface area contributed by atoms with Crippen molar-refractivity contribution in [1.82, 2.24) is 20.3 Å². The lowest BCUT2D eigenvalue weighted by Crippen LogP contribution is -2.26. The van der Waals surface area contributed by atoms with Gasteiger partial charge in [0.1, 0.15) is 5.75 Å². The summed E-state index contributed by atoms with van der Waals surface area (Å²) < 4.78 is 5.51. The molecule has 0 saturated heterocycles. The maximum absolute atomic E-state index is 5.51. The molecule has 1 atom stereocenters. The zero-order chi connectivity index (χ0) is 18.5. The first-order valence-corrected chi connectivity index (χ1v) is 9.55. The first-order valence-electron chi connectivity index (χ1n) is 9.55. The van der Waals surface area contributed by atoms with Gasteiger partial charge in [-0.1, -0.05) is 12.1 Å². The van der Waals surface area contributed by atoms with Gasteiger partial charge in [0.15, 0.2) is 5.82 Å². The smallest absolute Gasteiger partial charge is 0.160 e. The van der Waals surface area contributed by atoms with Gasteiger partial charge in [-0.2, -0.15) is 0 Å². The van der Waals surface area contributed by atoms with Crippen molar-refractivity contribution in [2.75, 3.05) is 6.61 Å². The molecule has 0 fully saturated rings. The predicted molar refractivity (Wildman–Crippen MR) is 105 cm³/mol. The summed E-state index contributed by atoms with van der Waals surface area (Å²) in [6, 6.07) is 12.5. The van der Waals surface area contributed by atoms with Gasteiger partial charge in [0, 0.05) is 48.0 Å². The van der Waals surface area contributed by atoms with Crippen LogP contribution in [0.2, 0.25) is 0 Å². The van der Waals surface area contributed by atoms with Gasteiger partial charge in [-0.25, -0.2) is 9.97 Å². The van der Waals surface area contributed by atoms with Crippen LogP contribution in [0.1, 0.15) is 42.6 Å². The highest BCUT2D eigenvalue weighted by Crippen LogP contribution is 2.29. The number of nitrogens with zero attached hydrogens (tertiary/aromatic N) is 3. The number of hydrogen-bond acceptors (Lipinski definition) is 5. The Bertz CT molecular complexity index is 881. The van der Waals surface area contributed by atoms with Gasteiger partial charge in [0.25, 0.3) is 0 Å². The van der Waals surface area contributed by atoms with E-state index in [1.54, 1.807) is 6.20 Å². The second kappa shape index (κ2) is 8.27. The average molecular weight is 360 g/mol. The highest BCUT2D eigenvalue weighted by Gasteiger charge is 2.22. The predicted octanol–water partition coefficient (Wildman–Crippen LogP) is 4.10. The molecule has 1 aliphatic rings. The highest BCUT2D eigenvalue weighted by molar-refractivity contribution is 5.53. The molecular weight excluding hydrogens is 336 g/mol. The number of benzene rings is 1. The molecule has 0 saturated carbocycles. The number of rotatable bonds is 6. The van der Waals surface area contributed by atoms with Crippen LogP contribution >= 0.6 is 0 Å². The summed E-state index contributed by atoms with van der Waals surface area (Å²) >= 11 is 0. The monoisotopic (exact) mass is 360 g/mol. The molecular formula is C22H24N4O. The fraction of sp³-hybridized carbons (Fsp3) is 0.318. The summed E-state index contributed by atoms with van der Waals surface area (Å²) in [6.07, 6.45) is 8.82. The minimum absolute atomic E-state index is 0.295. The molecule has 2 aromatic heterocycles. The third kappa shape index (κ3) is 4.14. The molecule has 0 amide bonds. The third-order valence-electron chi connectivity index (χ3n) is 4.89. The minimum Gasteiger partial charge on any atom is -0.494 e. The molecule has 2 heterocycles. The molecule has 0 spiro atoms. The number of aromatic nitrogens is 3. The molecule has 3 aromatic rings. The van der Waals surface area contributed by atoms with E-state index in [4.69, 9.17) is 9.72 Å².